The molecule has 0 fully saturated rings. The first-order valence-corrected chi connectivity index (χ1v) is 7.69. The van der Waals surface area contributed by atoms with Crippen LogP contribution in [0.2, 0.25) is 0 Å². The molecule has 1 aliphatic rings. The number of ether oxygens (including phenoxy) is 1. The van der Waals surface area contributed by atoms with E-state index < -0.39 is 0 Å². The minimum absolute atomic E-state index is 0.0413. The molecule has 3 rings (SSSR count). The topological polar surface area (TPSA) is 35.2 Å². The number of hydrogen-bond acceptors (Lipinski definition) is 2. The lowest BCUT2D eigenvalue weighted by Gasteiger charge is -2.17. The zero-order chi connectivity index (χ0) is 14.1. The van der Waals surface area contributed by atoms with E-state index in [9.17, 15) is 0 Å². The normalized spacial score (nSPS) is 14.8. The van der Waals surface area contributed by atoms with Crippen LogP contribution in [-0.4, -0.2) is 6.61 Å². The van der Waals surface area contributed by atoms with Gasteiger partial charge in [-0.2, -0.15) is 0 Å². The van der Waals surface area contributed by atoms with Crippen LogP contribution in [0.3, 0.4) is 0 Å². The second-order valence-corrected chi connectivity index (χ2v) is 6.23. The number of aryl methyl sites for hydroxylation is 1. The standard InChI is InChI=1S/C17H18BrNO/c1-11-4-2-3-5-12(11)9-16(19)15-10-14(18)8-13-6-7-20-17(13)15/h2-5,8,10,16H,6-7,9,19H2,1H3. The largest absolute Gasteiger partial charge is 0.493 e. The molecule has 2 aromatic rings. The van der Waals surface area contributed by atoms with Crippen molar-refractivity contribution in [1.82, 2.24) is 0 Å². The summed E-state index contributed by atoms with van der Waals surface area (Å²) in [5.41, 5.74) is 11.4. The molecule has 0 bridgehead atoms. The Balaban J connectivity index is 1.92. The first kappa shape index (κ1) is 13.7. The molecule has 0 aliphatic carbocycles. The number of halogens is 1. The number of fused-ring (bicyclic) bond motifs is 1. The van der Waals surface area contributed by atoms with Gasteiger partial charge in [0.15, 0.2) is 0 Å². The SMILES string of the molecule is Cc1ccccc1CC(N)c1cc(Br)cc2c1OCC2. The van der Waals surface area contributed by atoms with E-state index in [1.807, 2.05) is 0 Å². The summed E-state index contributed by atoms with van der Waals surface area (Å²) in [6.07, 6.45) is 1.80. The highest BCUT2D eigenvalue weighted by atomic mass is 79.9. The fourth-order valence-electron chi connectivity index (χ4n) is 2.76. The fraction of sp³-hybridized carbons (Fsp3) is 0.294. The van der Waals surface area contributed by atoms with Crippen molar-refractivity contribution in [2.75, 3.05) is 6.61 Å². The van der Waals surface area contributed by atoms with Gasteiger partial charge in [-0.3, -0.25) is 0 Å². The molecule has 104 valence electrons. The van der Waals surface area contributed by atoms with Gasteiger partial charge in [0.05, 0.1) is 6.61 Å². The maximum Gasteiger partial charge on any atom is 0.127 e. The Labute approximate surface area is 128 Å². The zero-order valence-electron chi connectivity index (χ0n) is 11.5. The van der Waals surface area contributed by atoms with Gasteiger partial charge in [-0.15, -0.1) is 0 Å². The van der Waals surface area contributed by atoms with Crippen molar-refractivity contribution in [2.45, 2.75) is 25.8 Å². The maximum absolute atomic E-state index is 6.44. The number of hydrogen-bond donors (Lipinski definition) is 1. The average Bonchev–Trinajstić information content (AvgIpc) is 2.88. The molecule has 0 spiro atoms. The summed E-state index contributed by atoms with van der Waals surface area (Å²) in [5, 5.41) is 0. The summed E-state index contributed by atoms with van der Waals surface area (Å²) in [6, 6.07) is 12.6. The molecule has 2 N–H and O–H groups in total. The number of nitrogens with two attached hydrogens (primary N) is 1. The highest BCUT2D eigenvalue weighted by Gasteiger charge is 2.21. The quantitative estimate of drug-likeness (QED) is 0.924. The van der Waals surface area contributed by atoms with Gasteiger partial charge in [0.2, 0.25) is 0 Å². The number of benzene rings is 2. The van der Waals surface area contributed by atoms with Crippen molar-refractivity contribution >= 4 is 15.9 Å². The van der Waals surface area contributed by atoms with Gasteiger partial charge < -0.3 is 10.5 Å². The van der Waals surface area contributed by atoms with Gasteiger partial charge in [-0.05, 0) is 42.2 Å². The van der Waals surface area contributed by atoms with Gasteiger partial charge in [0.25, 0.3) is 0 Å². The summed E-state index contributed by atoms with van der Waals surface area (Å²) in [5.74, 6) is 0.995. The maximum atomic E-state index is 6.44. The van der Waals surface area contributed by atoms with Crippen LogP contribution in [0.25, 0.3) is 0 Å². The summed E-state index contributed by atoms with van der Waals surface area (Å²) in [4.78, 5) is 0. The Morgan fingerprint density at radius 3 is 2.90 bits per heavy atom. The Hall–Kier alpha value is -1.32. The molecular weight excluding hydrogens is 314 g/mol. The van der Waals surface area contributed by atoms with E-state index in [1.54, 1.807) is 0 Å². The highest BCUT2D eigenvalue weighted by molar-refractivity contribution is 9.10. The molecule has 0 saturated carbocycles. The fourth-order valence-corrected chi connectivity index (χ4v) is 3.28. The van der Waals surface area contributed by atoms with Crippen LogP contribution in [0, 0.1) is 6.92 Å². The molecule has 20 heavy (non-hydrogen) atoms. The molecule has 1 heterocycles. The van der Waals surface area contributed by atoms with E-state index in [1.165, 1.54) is 16.7 Å². The van der Waals surface area contributed by atoms with E-state index in [-0.39, 0.29) is 6.04 Å². The summed E-state index contributed by atoms with van der Waals surface area (Å²) < 4.78 is 6.85. The lowest BCUT2D eigenvalue weighted by Crippen LogP contribution is -2.15. The average molecular weight is 332 g/mol. The van der Waals surface area contributed by atoms with Crippen LogP contribution < -0.4 is 10.5 Å². The van der Waals surface area contributed by atoms with Crippen molar-refractivity contribution in [3.8, 4) is 5.75 Å². The van der Waals surface area contributed by atoms with Crippen molar-refractivity contribution in [1.29, 1.82) is 0 Å². The molecule has 1 atom stereocenters. The van der Waals surface area contributed by atoms with Gasteiger partial charge in [-0.1, -0.05) is 40.2 Å². The first-order chi connectivity index (χ1) is 9.65. The minimum atomic E-state index is -0.0413. The smallest absolute Gasteiger partial charge is 0.127 e. The van der Waals surface area contributed by atoms with Crippen LogP contribution in [0.4, 0.5) is 0 Å². The van der Waals surface area contributed by atoms with Crippen LogP contribution in [0.1, 0.15) is 28.3 Å². The van der Waals surface area contributed by atoms with Crippen LogP contribution in [-0.2, 0) is 12.8 Å². The molecule has 0 saturated heterocycles. The monoisotopic (exact) mass is 331 g/mol. The van der Waals surface area contributed by atoms with Crippen molar-refractivity contribution < 1.29 is 4.74 Å². The van der Waals surface area contributed by atoms with Crippen LogP contribution >= 0.6 is 15.9 Å². The predicted octanol–water partition coefficient (Wildman–Crippen LogP) is 3.93. The first-order valence-electron chi connectivity index (χ1n) is 6.90. The van der Waals surface area contributed by atoms with Crippen LogP contribution in [0.5, 0.6) is 5.75 Å². The Morgan fingerprint density at radius 2 is 2.10 bits per heavy atom. The Bertz CT molecular complexity index is 639. The molecule has 1 aliphatic heterocycles. The molecule has 3 heteroatoms. The van der Waals surface area contributed by atoms with Gasteiger partial charge in [0, 0.05) is 22.5 Å². The van der Waals surface area contributed by atoms with Crippen molar-refractivity contribution in [2.24, 2.45) is 5.73 Å². The summed E-state index contributed by atoms with van der Waals surface area (Å²) in [7, 11) is 0. The molecule has 0 amide bonds. The Morgan fingerprint density at radius 1 is 1.30 bits per heavy atom. The molecular formula is C17H18BrNO. The second-order valence-electron chi connectivity index (χ2n) is 5.32. The minimum Gasteiger partial charge on any atom is -0.493 e. The highest BCUT2D eigenvalue weighted by Crippen LogP contribution is 2.36. The summed E-state index contributed by atoms with van der Waals surface area (Å²) in [6.45, 7) is 2.89. The molecule has 2 nitrogen and oxygen atoms in total. The van der Waals surface area contributed by atoms with Gasteiger partial charge in [-0.25, -0.2) is 0 Å². The molecule has 1 unspecified atom stereocenters. The van der Waals surface area contributed by atoms with Gasteiger partial charge in [0.1, 0.15) is 5.75 Å². The zero-order valence-corrected chi connectivity index (χ0v) is 13.1. The molecule has 2 aromatic carbocycles. The van der Waals surface area contributed by atoms with Crippen molar-refractivity contribution in [3.05, 3.63) is 63.1 Å². The van der Waals surface area contributed by atoms with E-state index >= 15 is 0 Å². The van der Waals surface area contributed by atoms with Crippen molar-refractivity contribution in [3.63, 3.8) is 0 Å². The van der Waals surface area contributed by atoms with E-state index in [4.69, 9.17) is 10.5 Å². The van der Waals surface area contributed by atoms with E-state index in [2.05, 4.69) is 59.3 Å². The Kier molecular flexibility index (Phi) is 3.81. The molecule has 0 radical (unpaired) electrons. The lowest BCUT2D eigenvalue weighted by atomic mass is 9.95. The van der Waals surface area contributed by atoms with E-state index in [0.717, 1.165) is 35.2 Å². The van der Waals surface area contributed by atoms with Gasteiger partial charge >= 0.3 is 0 Å². The summed E-state index contributed by atoms with van der Waals surface area (Å²) >= 11 is 3.57. The lowest BCUT2D eigenvalue weighted by molar-refractivity contribution is 0.351. The molecule has 0 aromatic heterocycles. The number of rotatable bonds is 3. The van der Waals surface area contributed by atoms with Crippen LogP contribution in [0.15, 0.2) is 40.9 Å². The van der Waals surface area contributed by atoms with E-state index in [0.29, 0.717) is 0 Å². The predicted molar refractivity (Wildman–Crippen MR) is 85.2 cm³/mol. The third-order valence-electron chi connectivity index (χ3n) is 3.88. The third-order valence-corrected chi connectivity index (χ3v) is 4.34. The third kappa shape index (κ3) is 2.60. The second kappa shape index (κ2) is 5.58.